The minimum atomic E-state index is -0.468. The van der Waals surface area contributed by atoms with Crippen molar-refractivity contribution in [1.29, 1.82) is 0 Å². The molecule has 20 heavy (non-hydrogen) atoms. The summed E-state index contributed by atoms with van der Waals surface area (Å²) in [6.07, 6.45) is 2.91. The number of hydrogen-bond acceptors (Lipinski definition) is 5. The van der Waals surface area contributed by atoms with Gasteiger partial charge < -0.3 is 14.4 Å². The molecule has 2 heterocycles. The van der Waals surface area contributed by atoms with Crippen molar-refractivity contribution >= 4 is 11.4 Å². The second kappa shape index (κ2) is 5.76. The Morgan fingerprint density at radius 1 is 1.15 bits per heavy atom. The summed E-state index contributed by atoms with van der Waals surface area (Å²) in [5.74, 6) is 0. The average molecular weight is 278 g/mol. The van der Waals surface area contributed by atoms with Crippen molar-refractivity contribution in [3.05, 3.63) is 33.9 Å². The van der Waals surface area contributed by atoms with E-state index in [1.54, 1.807) is 6.07 Å². The lowest BCUT2D eigenvalue weighted by Gasteiger charge is -2.28. The van der Waals surface area contributed by atoms with Crippen LogP contribution >= 0.6 is 0 Å². The van der Waals surface area contributed by atoms with Crippen LogP contribution in [0.5, 0.6) is 0 Å². The number of hydrogen-bond donors (Lipinski definition) is 0. The van der Waals surface area contributed by atoms with Crippen LogP contribution in [0, 0.1) is 10.1 Å². The van der Waals surface area contributed by atoms with Gasteiger partial charge in [-0.05, 0) is 25.3 Å². The molecular weight excluding hydrogens is 260 g/mol. The molecule has 0 radical (unpaired) electrons. The Kier molecular flexibility index (Phi) is 3.84. The van der Waals surface area contributed by atoms with E-state index < -0.39 is 6.29 Å². The Morgan fingerprint density at radius 2 is 1.85 bits per heavy atom. The summed E-state index contributed by atoms with van der Waals surface area (Å²) in [6, 6.07) is 5.27. The molecule has 0 saturated carbocycles. The van der Waals surface area contributed by atoms with E-state index in [0.29, 0.717) is 18.9 Å². The third kappa shape index (κ3) is 2.62. The Morgan fingerprint density at radius 3 is 2.50 bits per heavy atom. The highest BCUT2D eigenvalue weighted by Gasteiger charge is 2.25. The van der Waals surface area contributed by atoms with E-state index in [1.165, 1.54) is 6.42 Å². The summed E-state index contributed by atoms with van der Waals surface area (Å²) in [6.45, 7) is 2.84. The normalized spacial score (nSPS) is 20.3. The molecule has 2 saturated heterocycles. The third-order valence-electron chi connectivity index (χ3n) is 3.79. The zero-order chi connectivity index (χ0) is 13.9. The van der Waals surface area contributed by atoms with Gasteiger partial charge >= 0.3 is 0 Å². The van der Waals surface area contributed by atoms with E-state index in [4.69, 9.17) is 9.47 Å². The molecule has 2 aliphatic heterocycles. The smallest absolute Gasteiger partial charge is 0.292 e. The minimum Gasteiger partial charge on any atom is -0.366 e. The SMILES string of the molecule is O=[N+]([O-])c1cc(C2OCCO2)ccc1N1CCCCC1. The third-order valence-corrected chi connectivity index (χ3v) is 3.79. The number of nitro benzene ring substituents is 1. The monoisotopic (exact) mass is 278 g/mol. The van der Waals surface area contributed by atoms with Crippen LogP contribution in [0.25, 0.3) is 0 Å². The van der Waals surface area contributed by atoms with E-state index in [9.17, 15) is 10.1 Å². The van der Waals surface area contributed by atoms with Gasteiger partial charge in [-0.3, -0.25) is 10.1 Å². The van der Waals surface area contributed by atoms with Gasteiger partial charge in [0.15, 0.2) is 6.29 Å². The van der Waals surface area contributed by atoms with Crippen molar-refractivity contribution in [2.75, 3.05) is 31.2 Å². The number of anilines is 1. The van der Waals surface area contributed by atoms with Crippen LogP contribution in [-0.4, -0.2) is 31.2 Å². The topological polar surface area (TPSA) is 64.8 Å². The fourth-order valence-electron chi connectivity index (χ4n) is 2.79. The molecule has 108 valence electrons. The number of rotatable bonds is 3. The van der Waals surface area contributed by atoms with Crippen LogP contribution in [-0.2, 0) is 9.47 Å². The molecule has 6 heteroatoms. The summed E-state index contributed by atoms with van der Waals surface area (Å²) < 4.78 is 10.8. The summed E-state index contributed by atoms with van der Waals surface area (Å²) in [7, 11) is 0. The first kappa shape index (κ1) is 13.3. The molecule has 1 aromatic carbocycles. The van der Waals surface area contributed by atoms with E-state index in [1.807, 2.05) is 12.1 Å². The van der Waals surface area contributed by atoms with Gasteiger partial charge in [-0.15, -0.1) is 0 Å². The lowest BCUT2D eigenvalue weighted by Crippen LogP contribution is -2.30. The first-order valence-corrected chi connectivity index (χ1v) is 7.02. The molecule has 0 N–H and O–H groups in total. The van der Waals surface area contributed by atoms with Crippen LogP contribution in [0.1, 0.15) is 31.1 Å². The van der Waals surface area contributed by atoms with Crippen LogP contribution in [0.2, 0.25) is 0 Å². The predicted octanol–water partition coefficient (Wildman–Crippen LogP) is 2.63. The molecule has 2 fully saturated rings. The molecular formula is C14H18N2O4. The van der Waals surface area contributed by atoms with E-state index in [2.05, 4.69) is 4.90 Å². The Balaban J connectivity index is 1.91. The Hall–Kier alpha value is -1.66. The van der Waals surface area contributed by atoms with E-state index in [-0.39, 0.29) is 10.6 Å². The summed E-state index contributed by atoms with van der Waals surface area (Å²) in [5, 5.41) is 11.3. The van der Waals surface area contributed by atoms with Crippen molar-refractivity contribution in [2.24, 2.45) is 0 Å². The van der Waals surface area contributed by atoms with E-state index >= 15 is 0 Å². The molecule has 0 atom stereocenters. The first-order chi connectivity index (χ1) is 9.75. The Labute approximate surface area is 117 Å². The predicted molar refractivity (Wildman–Crippen MR) is 73.8 cm³/mol. The quantitative estimate of drug-likeness (QED) is 0.628. The zero-order valence-corrected chi connectivity index (χ0v) is 11.3. The number of ether oxygens (including phenoxy) is 2. The maximum absolute atomic E-state index is 11.3. The van der Waals surface area contributed by atoms with Crippen molar-refractivity contribution in [1.82, 2.24) is 0 Å². The van der Waals surface area contributed by atoms with Crippen LogP contribution in [0.15, 0.2) is 18.2 Å². The van der Waals surface area contributed by atoms with Gasteiger partial charge in [0.1, 0.15) is 5.69 Å². The average Bonchev–Trinajstić information content (AvgIpc) is 3.02. The maximum Gasteiger partial charge on any atom is 0.292 e. The van der Waals surface area contributed by atoms with Gasteiger partial charge in [-0.2, -0.15) is 0 Å². The van der Waals surface area contributed by atoms with Gasteiger partial charge in [0.25, 0.3) is 5.69 Å². The second-order valence-electron chi connectivity index (χ2n) is 5.13. The molecule has 0 spiro atoms. The summed E-state index contributed by atoms with van der Waals surface area (Å²) in [5.41, 5.74) is 1.56. The lowest BCUT2D eigenvalue weighted by molar-refractivity contribution is -0.384. The van der Waals surface area contributed by atoms with Crippen LogP contribution in [0.4, 0.5) is 11.4 Å². The van der Waals surface area contributed by atoms with Crippen molar-refractivity contribution in [2.45, 2.75) is 25.6 Å². The van der Waals surface area contributed by atoms with Gasteiger partial charge in [-0.1, -0.05) is 6.07 Å². The highest BCUT2D eigenvalue weighted by Crippen LogP contribution is 2.34. The first-order valence-electron chi connectivity index (χ1n) is 7.02. The molecule has 0 aromatic heterocycles. The molecule has 6 nitrogen and oxygen atoms in total. The largest absolute Gasteiger partial charge is 0.366 e. The highest BCUT2D eigenvalue weighted by molar-refractivity contribution is 5.64. The Bertz CT molecular complexity index is 494. The van der Waals surface area contributed by atoms with Crippen molar-refractivity contribution < 1.29 is 14.4 Å². The molecule has 0 amide bonds. The minimum absolute atomic E-state index is 0.142. The molecule has 1 aromatic rings. The molecule has 0 bridgehead atoms. The number of benzene rings is 1. The maximum atomic E-state index is 11.3. The fraction of sp³-hybridized carbons (Fsp3) is 0.571. The van der Waals surface area contributed by atoms with Gasteiger partial charge in [0.2, 0.25) is 0 Å². The van der Waals surface area contributed by atoms with E-state index in [0.717, 1.165) is 31.5 Å². The molecule has 0 aliphatic carbocycles. The zero-order valence-electron chi connectivity index (χ0n) is 11.3. The number of piperidine rings is 1. The molecule has 0 unspecified atom stereocenters. The number of nitro groups is 1. The van der Waals surface area contributed by atoms with Gasteiger partial charge in [-0.25, -0.2) is 0 Å². The van der Waals surface area contributed by atoms with Crippen molar-refractivity contribution in [3.63, 3.8) is 0 Å². The van der Waals surface area contributed by atoms with Gasteiger partial charge in [0.05, 0.1) is 18.1 Å². The van der Waals surface area contributed by atoms with Crippen LogP contribution in [0.3, 0.4) is 0 Å². The van der Waals surface area contributed by atoms with Crippen molar-refractivity contribution in [3.8, 4) is 0 Å². The molecule has 3 rings (SSSR count). The second-order valence-corrected chi connectivity index (χ2v) is 5.13. The summed E-state index contributed by atoms with van der Waals surface area (Å²) >= 11 is 0. The summed E-state index contributed by atoms with van der Waals surface area (Å²) in [4.78, 5) is 13.1. The number of nitrogens with zero attached hydrogens (tertiary/aromatic N) is 2. The van der Waals surface area contributed by atoms with Crippen LogP contribution < -0.4 is 4.90 Å². The molecule has 2 aliphatic rings. The lowest BCUT2D eigenvalue weighted by atomic mass is 10.1. The van der Waals surface area contributed by atoms with Gasteiger partial charge in [0, 0.05) is 24.7 Å². The standard InChI is InChI=1S/C14H18N2O4/c17-16(18)13-10-11(14-19-8-9-20-14)4-5-12(13)15-6-2-1-3-7-15/h4-5,10,14H,1-3,6-9H2. The highest BCUT2D eigenvalue weighted by atomic mass is 16.7. The fourth-order valence-corrected chi connectivity index (χ4v) is 2.79.